The number of nitrogens with zero attached hydrogens (tertiary/aromatic N) is 2. The summed E-state index contributed by atoms with van der Waals surface area (Å²) >= 11 is 2.60. The molecule has 1 atom stereocenters. The van der Waals surface area contributed by atoms with Crippen molar-refractivity contribution in [3.05, 3.63) is 53.4 Å². The van der Waals surface area contributed by atoms with Crippen LogP contribution in [-0.4, -0.2) is 39.8 Å². The van der Waals surface area contributed by atoms with Crippen LogP contribution in [0.15, 0.2) is 32.5 Å². The van der Waals surface area contributed by atoms with Gasteiger partial charge in [0.2, 0.25) is 0 Å². The smallest absolute Gasteiger partial charge is 0.290 e. The van der Waals surface area contributed by atoms with Gasteiger partial charge in [0.1, 0.15) is 16.3 Å². The minimum Gasteiger partial charge on any atom is -0.504 e. The van der Waals surface area contributed by atoms with Gasteiger partial charge in [-0.3, -0.25) is 24.2 Å². The van der Waals surface area contributed by atoms with E-state index in [4.69, 9.17) is 0 Å². The second kappa shape index (κ2) is 8.76. The molecule has 0 aromatic carbocycles. The highest BCUT2D eigenvalue weighted by Crippen LogP contribution is 2.37. The molecule has 9 nitrogen and oxygen atoms in total. The van der Waals surface area contributed by atoms with Crippen molar-refractivity contribution >= 4 is 45.6 Å². The number of hydrogen-bond acceptors (Lipinski definition) is 8. The Morgan fingerprint density at radius 2 is 2.03 bits per heavy atom. The maximum atomic E-state index is 12.8. The lowest BCUT2D eigenvalue weighted by Crippen LogP contribution is -2.32. The fraction of sp³-hybridized carbons (Fsp3) is 0.316. The van der Waals surface area contributed by atoms with Gasteiger partial charge in [0.15, 0.2) is 5.75 Å². The molecule has 3 aromatic rings. The summed E-state index contributed by atoms with van der Waals surface area (Å²) in [6.07, 6.45) is 0.696. The predicted molar refractivity (Wildman–Crippen MR) is 121 cm³/mol. The van der Waals surface area contributed by atoms with Gasteiger partial charge in [-0.25, -0.2) is 0 Å². The quantitative estimate of drug-likeness (QED) is 0.440. The fourth-order valence-electron chi connectivity index (χ4n) is 2.87. The summed E-state index contributed by atoms with van der Waals surface area (Å²) in [7, 11) is 4.62. The van der Waals surface area contributed by atoms with E-state index < -0.39 is 11.1 Å². The van der Waals surface area contributed by atoms with Crippen molar-refractivity contribution in [3.63, 3.8) is 0 Å². The zero-order chi connectivity index (χ0) is 22.0. The molecule has 0 saturated carbocycles. The van der Waals surface area contributed by atoms with Crippen molar-refractivity contribution < 1.29 is 9.90 Å². The molecule has 3 heterocycles. The maximum absolute atomic E-state index is 12.8. The third-order valence-corrected chi connectivity index (χ3v) is 6.45. The van der Waals surface area contributed by atoms with Crippen molar-refractivity contribution in [2.24, 2.45) is 7.05 Å². The van der Waals surface area contributed by atoms with Crippen LogP contribution in [0.25, 0.3) is 0 Å². The third-order valence-electron chi connectivity index (χ3n) is 4.50. The second-order valence-electron chi connectivity index (χ2n) is 6.83. The molecule has 160 valence electrons. The molecule has 0 saturated heterocycles. The molecule has 0 aliphatic heterocycles. The predicted octanol–water partition coefficient (Wildman–Crippen LogP) is 2.91. The molecule has 0 aliphatic carbocycles. The summed E-state index contributed by atoms with van der Waals surface area (Å²) in [5.74, 6) is -0.624. The summed E-state index contributed by atoms with van der Waals surface area (Å²) in [5.41, 5.74) is -0.716. The minimum absolute atomic E-state index is 0.0231. The topological polar surface area (TPSA) is 119 Å². The highest BCUT2D eigenvalue weighted by molar-refractivity contribution is 7.13. The van der Waals surface area contributed by atoms with Gasteiger partial charge in [-0.1, -0.05) is 13.0 Å². The van der Waals surface area contributed by atoms with Gasteiger partial charge in [-0.2, -0.15) is 0 Å². The number of aromatic amines is 1. The number of thiophene rings is 2. The third kappa shape index (κ3) is 4.12. The molecular weight excluding hydrogens is 426 g/mol. The van der Waals surface area contributed by atoms with Crippen molar-refractivity contribution in [1.29, 1.82) is 0 Å². The number of anilines is 3. The molecular formula is C19H23N5O4S2. The molecule has 30 heavy (non-hydrogen) atoms. The monoisotopic (exact) mass is 449 g/mol. The Kier molecular flexibility index (Phi) is 6.32. The van der Waals surface area contributed by atoms with E-state index in [1.165, 1.54) is 17.3 Å². The van der Waals surface area contributed by atoms with Gasteiger partial charge < -0.3 is 20.6 Å². The van der Waals surface area contributed by atoms with E-state index in [0.29, 0.717) is 6.42 Å². The summed E-state index contributed by atoms with van der Waals surface area (Å²) in [4.78, 5) is 40.2. The summed E-state index contributed by atoms with van der Waals surface area (Å²) < 4.78 is 1.10. The van der Waals surface area contributed by atoms with Gasteiger partial charge in [0.25, 0.3) is 17.0 Å². The van der Waals surface area contributed by atoms with E-state index in [9.17, 15) is 19.5 Å². The lowest BCUT2D eigenvalue weighted by molar-refractivity contribution is 0.0829. The zero-order valence-corrected chi connectivity index (χ0v) is 18.6. The Labute approximate surface area is 180 Å². The second-order valence-corrected chi connectivity index (χ2v) is 8.69. The molecule has 3 rings (SSSR count). The van der Waals surface area contributed by atoms with Crippen LogP contribution in [0, 0.1) is 0 Å². The van der Waals surface area contributed by atoms with E-state index >= 15 is 0 Å². The van der Waals surface area contributed by atoms with E-state index in [1.807, 2.05) is 24.4 Å². The Bertz CT molecular complexity index is 1160. The van der Waals surface area contributed by atoms with Crippen LogP contribution in [0.2, 0.25) is 0 Å². The van der Waals surface area contributed by atoms with Crippen LogP contribution in [-0.2, 0) is 7.05 Å². The number of hydrogen-bond donors (Lipinski definition) is 4. The Morgan fingerprint density at radius 3 is 2.63 bits per heavy atom. The standard InChI is InChI=1S/C19H23N5O4S2/c1-5-10(12-7-6-8-29-12)20-14-13(17(26)22-24(4)18(14)27)21-11-9-30-16(15(11)25)19(28)23(2)3/h6-10,20-21,25H,5H2,1-4H3,(H,22,26). The Hall–Kier alpha value is -3.05. The van der Waals surface area contributed by atoms with Crippen molar-refractivity contribution in [3.8, 4) is 5.75 Å². The first-order valence-electron chi connectivity index (χ1n) is 9.16. The van der Waals surface area contributed by atoms with Gasteiger partial charge in [-0.05, 0) is 17.9 Å². The number of amides is 1. The first kappa shape index (κ1) is 21.7. The molecule has 11 heteroatoms. The van der Waals surface area contributed by atoms with Gasteiger partial charge in [-0.15, -0.1) is 22.7 Å². The Balaban J connectivity index is 2.04. The molecule has 0 bridgehead atoms. The highest BCUT2D eigenvalue weighted by Gasteiger charge is 2.23. The number of aromatic hydroxyl groups is 1. The maximum Gasteiger partial charge on any atom is 0.290 e. The highest BCUT2D eigenvalue weighted by atomic mass is 32.1. The number of H-pyrrole nitrogens is 1. The van der Waals surface area contributed by atoms with Crippen molar-refractivity contribution in [2.75, 3.05) is 24.7 Å². The molecule has 4 N–H and O–H groups in total. The number of nitrogens with one attached hydrogen (secondary N) is 3. The SMILES string of the molecule is CCC(Nc1c(Nc2csc(C(=O)N(C)C)c2O)c(=O)[nH]n(C)c1=O)c1cccs1. The number of rotatable bonds is 7. The van der Waals surface area contributed by atoms with Gasteiger partial charge in [0.05, 0.1) is 11.7 Å². The zero-order valence-electron chi connectivity index (χ0n) is 17.0. The summed E-state index contributed by atoms with van der Waals surface area (Å²) in [6, 6.07) is 3.72. The molecule has 0 fully saturated rings. The van der Waals surface area contributed by atoms with Gasteiger partial charge in [0, 0.05) is 31.4 Å². The molecule has 1 unspecified atom stereocenters. The van der Waals surface area contributed by atoms with Crippen LogP contribution in [0.1, 0.15) is 33.9 Å². The average Bonchev–Trinajstić information content (AvgIpc) is 3.36. The molecule has 1 amide bonds. The van der Waals surface area contributed by atoms with Crippen LogP contribution in [0.5, 0.6) is 5.75 Å². The van der Waals surface area contributed by atoms with Crippen LogP contribution < -0.4 is 21.8 Å². The first-order valence-corrected chi connectivity index (χ1v) is 10.9. The van der Waals surface area contributed by atoms with Crippen LogP contribution in [0.3, 0.4) is 0 Å². The number of aryl methyl sites for hydroxylation is 1. The minimum atomic E-state index is -0.535. The van der Waals surface area contributed by atoms with E-state index in [1.54, 1.807) is 25.4 Å². The fourth-order valence-corrected chi connectivity index (χ4v) is 4.64. The Morgan fingerprint density at radius 1 is 1.30 bits per heavy atom. The molecule has 3 aromatic heterocycles. The van der Waals surface area contributed by atoms with E-state index in [2.05, 4.69) is 15.7 Å². The van der Waals surface area contributed by atoms with Gasteiger partial charge >= 0.3 is 0 Å². The number of aromatic nitrogens is 2. The average molecular weight is 450 g/mol. The lowest BCUT2D eigenvalue weighted by Gasteiger charge is -2.19. The van der Waals surface area contributed by atoms with E-state index in [-0.39, 0.29) is 39.6 Å². The van der Waals surface area contributed by atoms with Crippen LogP contribution in [0.4, 0.5) is 17.1 Å². The molecule has 0 aliphatic rings. The molecule has 0 spiro atoms. The van der Waals surface area contributed by atoms with E-state index in [0.717, 1.165) is 20.9 Å². The largest absolute Gasteiger partial charge is 0.504 e. The lowest BCUT2D eigenvalue weighted by atomic mass is 10.1. The number of carbonyl (C=O) groups excluding carboxylic acids is 1. The normalized spacial score (nSPS) is 11.9. The first-order chi connectivity index (χ1) is 14.2. The number of carbonyl (C=O) groups is 1. The van der Waals surface area contributed by atoms with Crippen LogP contribution >= 0.6 is 22.7 Å². The summed E-state index contributed by atoms with van der Waals surface area (Å²) in [6.45, 7) is 1.98. The summed E-state index contributed by atoms with van der Waals surface area (Å²) in [5, 5.41) is 22.4. The van der Waals surface area contributed by atoms with Crippen molar-refractivity contribution in [2.45, 2.75) is 19.4 Å². The van der Waals surface area contributed by atoms with Crippen molar-refractivity contribution in [1.82, 2.24) is 14.7 Å². The molecule has 0 radical (unpaired) electrons.